The Hall–Kier alpha value is -1.26. The van der Waals surface area contributed by atoms with Crippen molar-refractivity contribution < 1.29 is 14.2 Å². The van der Waals surface area contributed by atoms with Crippen LogP contribution in [-0.2, 0) is 10.2 Å². The van der Waals surface area contributed by atoms with Gasteiger partial charge in [-0.3, -0.25) is 4.99 Å². The average Bonchev–Trinajstić information content (AvgIpc) is 3.28. The number of likely N-dealkylation sites (tertiary alicyclic amines) is 1. The van der Waals surface area contributed by atoms with E-state index in [-0.39, 0.29) is 29.4 Å². The highest BCUT2D eigenvalue weighted by molar-refractivity contribution is 14.0. The quantitative estimate of drug-likeness (QED) is 0.231. The summed E-state index contributed by atoms with van der Waals surface area (Å²) in [6.45, 7) is 8.36. The number of guanidine groups is 1. The maximum Gasteiger partial charge on any atom is 0.231 e. The van der Waals surface area contributed by atoms with E-state index < -0.39 is 0 Å². The molecule has 2 fully saturated rings. The molecule has 1 aromatic carbocycles. The molecule has 0 amide bonds. The first kappa shape index (κ1) is 25.4. The Kier molecular flexibility index (Phi) is 9.73. The van der Waals surface area contributed by atoms with Gasteiger partial charge < -0.3 is 29.7 Å². The maximum atomic E-state index is 5.68. The number of nitrogens with one attached hydrogen (secondary N) is 2. The van der Waals surface area contributed by atoms with Crippen molar-refractivity contribution in [3.05, 3.63) is 23.8 Å². The number of ether oxygens (including phenoxy) is 3. The zero-order valence-electron chi connectivity index (χ0n) is 19.5. The lowest BCUT2D eigenvalue weighted by Gasteiger charge is -2.38. The first-order valence-electron chi connectivity index (χ1n) is 11.9. The van der Waals surface area contributed by atoms with E-state index in [9.17, 15) is 0 Å². The molecule has 1 aromatic rings. The van der Waals surface area contributed by atoms with Crippen molar-refractivity contribution in [2.45, 2.75) is 56.9 Å². The van der Waals surface area contributed by atoms with Gasteiger partial charge in [0.05, 0.1) is 0 Å². The van der Waals surface area contributed by atoms with Crippen LogP contribution < -0.4 is 20.1 Å². The van der Waals surface area contributed by atoms with Gasteiger partial charge in [0.25, 0.3) is 0 Å². The van der Waals surface area contributed by atoms with Gasteiger partial charge in [-0.25, -0.2) is 0 Å². The van der Waals surface area contributed by atoms with Crippen LogP contribution in [-0.4, -0.2) is 70.1 Å². The Balaban J connectivity index is 0.00000289. The molecule has 2 saturated heterocycles. The van der Waals surface area contributed by atoms with E-state index in [0.717, 1.165) is 75.6 Å². The molecule has 3 aliphatic heterocycles. The second-order valence-corrected chi connectivity index (χ2v) is 9.05. The first-order valence-corrected chi connectivity index (χ1v) is 11.9. The predicted octanol–water partition coefficient (Wildman–Crippen LogP) is 3.51. The lowest BCUT2D eigenvalue weighted by atomic mass is 9.74. The second kappa shape index (κ2) is 12.3. The van der Waals surface area contributed by atoms with E-state index >= 15 is 0 Å². The van der Waals surface area contributed by atoms with Crippen LogP contribution in [0.25, 0.3) is 0 Å². The molecule has 0 aliphatic carbocycles. The van der Waals surface area contributed by atoms with Gasteiger partial charge in [0.2, 0.25) is 6.79 Å². The third-order valence-corrected chi connectivity index (χ3v) is 7.11. The molecular weight excluding hydrogens is 519 g/mol. The molecule has 3 heterocycles. The number of benzene rings is 1. The van der Waals surface area contributed by atoms with E-state index in [1.54, 1.807) is 0 Å². The van der Waals surface area contributed by atoms with Crippen LogP contribution in [0.15, 0.2) is 23.2 Å². The number of hydrogen-bond acceptors (Lipinski definition) is 5. The molecule has 0 aromatic heterocycles. The van der Waals surface area contributed by atoms with Gasteiger partial charge in [-0.2, -0.15) is 0 Å². The van der Waals surface area contributed by atoms with Gasteiger partial charge in [-0.05, 0) is 63.3 Å². The van der Waals surface area contributed by atoms with Crippen molar-refractivity contribution in [2.75, 3.05) is 53.2 Å². The first-order chi connectivity index (χ1) is 15.2. The molecule has 0 saturated carbocycles. The second-order valence-electron chi connectivity index (χ2n) is 9.05. The predicted molar refractivity (Wildman–Crippen MR) is 139 cm³/mol. The van der Waals surface area contributed by atoms with E-state index in [4.69, 9.17) is 14.2 Å². The van der Waals surface area contributed by atoms with Crippen molar-refractivity contribution >= 4 is 29.9 Å². The van der Waals surface area contributed by atoms with E-state index in [1.807, 2.05) is 13.1 Å². The minimum atomic E-state index is 0. The molecule has 1 unspecified atom stereocenters. The smallest absolute Gasteiger partial charge is 0.231 e. The molecule has 3 aliphatic rings. The van der Waals surface area contributed by atoms with Crippen LogP contribution >= 0.6 is 24.0 Å². The number of rotatable bonds is 7. The van der Waals surface area contributed by atoms with Crippen molar-refractivity contribution in [1.29, 1.82) is 0 Å². The van der Waals surface area contributed by atoms with E-state index in [1.165, 1.54) is 31.4 Å². The Labute approximate surface area is 209 Å². The van der Waals surface area contributed by atoms with Crippen LogP contribution in [0.4, 0.5) is 0 Å². The van der Waals surface area contributed by atoms with Crippen LogP contribution in [0.1, 0.15) is 51.0 Å². The van der Waals surface area contributed by atoms with E-state index in [0.29, 0.717) is 6.79 Å². The zero-order valence-corrected chi connectivity index (χ0v) is 21.9. The fourth-order valence-electron chi connectivity index (χ4n) is 5.01. The highest BCUT2D eigenvalue weighted by Gasteiger charge is 2.36. The summed E-state index contributed by atoms with van der Waals surface area (Å²) in [5, 5.41) is 7.10. The highest BCUT2D eigenvalue weighted by Crippen LogP contribution is 2.40. The molecular formula is C24H39IN4O3. The highest BCUT2D eigenvalue weighted by atomic mass is 127. The average molecular weight is 559 g/mol. The molecule has 0 bridgehead atoms. The summed E-state index contributed by atoms with van der Waals surface area (Å²) < 4.78 is 16.8. The Morgan fingerprint density at radius 2 is 1.97 bits per heavy atom. The van der Waals surface area contributed by atoms with Gasteiger partial charge in [0.15, 0.2) is 17.5 Å². The number of fused-ring (bicyclic) bond motifs is 1. The van der Waals surface area contributed by atoms with Crippen LogP contribution in [0, 0.1) is 0 Å². The summed E-state index contributed by atoms with van der Waals surface area (Å²) in [6, 6.07) is 7.08. The van der Waals surface area contributed by atoms with Gasteiger partial charge in [0.1, 0.15) is 0 Å². The summed E-state index contributed by atoms with van der Waals surface area (Å²) >= 11 is 0. The summed E-state index contributed by atoms with van der Waals surface area (Å²) in [5.41, 5.74) is 1.28. The fraction of sp³-hybridized carbons (Fsp3) is 0.708. The molecule has 0 spiro atoms. The Morgan fingerprint density at radius 1 is 1.16 bits per heavy atom. The Morgan fingerprint density at radius 3 is 2.75 bits per heavy atom. The summed E-state index contributed by atoms with van der Waals surface area (Å²) in [5.74, 6) is 2.55. The summed E-state index contributed by atoms with van der Waals surface area (Å²) in [4.78, 5) is 7.08. The molecule has 0 radical (unpaired) electrons. The van der Waals surface area contributed by atoms with Gasteiger partial charge in [-0.15, -0.1) is 24.0 Å². The lowest BCUT2D eigenvalue weighted by molar-refractivity contribution is 0.0513. The van der Waals surface area contributed by atoms with Gasteiger partial charge >= 0.3 is 0 Å². The molecule has 180 valence electrons. The van der Waals surface area contributed by atoms with Crippen LogP contribution in [0.2, 0.25) is 0 Å². The standard InChI is InChI=1S/C24H38N4O3.HI/c1-19-6-3-4-12-28(19)13-5-11-26-23(25-2)27-17-24(9-14-29-15-10-24)20-7-8-21-22(16-20)31-18-30-21;/h7-8,16,19H,3-6,9-15,17-18H2,1-2H3,(H2,25,26,27);1H. The SMILES string of the molecule is CN=C(NCCCN1CCCCC1C)NCC1(c2ccc3c(c2)OCO3)CCOCC1.I. The molecule has 1 atom stereocenters. The van der Waals surface area contributed by atoms with E-state index in [2.05, 4.69) is 39.6 Å². The third-order valence-electron chi connectivity index (χ3n) is 7.11. The molecule has 2 N–H and O–H groups in total. The number of nitrogens with zero attached hydrogens (tertiary/aromatic N) is 2. The lowest BCUT2D eigenvalue weighted by Crippen LogP contribution is -2.48. The van der Waals surface area contributed by atoms with Crippen molar-refractivity contribution in [3.8, 4) is 11.5 Å². The normalized spacial score (nSPS) is 22.8. The summed E-state index contributed by atoms with van der Waals surface area (Å²) in [6.07, 6.45) is 7.14. The minimum absolute atomic E-state index is 0. The monoisotopic (exact) mass is 558 g/mol. The van der Waals surface area contributed by atoms with Crippen LogP contribution in [0.3, 0.4) is 0 Å². The molecule has 32 heavy (non-hydrogen) atoms. The van der Waals surface area contributed by atoms with Crippen molar-refractivity contribution in [2.24, 2.45) is 4.99 Å². The summed E-state index contributed by atoms with van der Waals surface area (Å²) in [7, 11) is 1.85. The van der Waals surface area contributed by atoms with Crippen molar-refractivity contribution in [3.63, 3.8) is 0 Å². The zero-order chi connectivity index (χ0) is 21.5. The number of halogens is 1. The largest absolute Gasteiger partial charge is 0.454 e. The molecule has 4 rings (SSSR count). The van der Waals surface area contributed by atoms with Gasteiger partial charge in [0, 0.05) is 51.4 Å². The fourth-order valence-corrected chi connectivity index (χ4v) is 5.01. The Bertz CT molecular complexity index is 755. The number of piperidine rings is 1. The molecule has 7 nitrogen and oxygen atoms in total. The number of aliphatic imine (C=N–C) groups is 1. The third kappa shape index (κ3) is 6.20. The maximum absolute atomic E-state index is 5.68. The van der Waals surface area contributed by atoms with Gasteiger partial charge in [-0.1, -0.05) is 12.5 Å². The molecule has 8 heteroatoms. The topological polar surface area (TPSA) is 67.4 Å². The number of hydrogen-bond donors (Lipinski definition) is 2. The minimum Gasteiger partial charge on any atom is -0.454 e. The van der Waals surface area contributed by atoms with Crippen molar-refractivity contribution in [1.82, 2.24) is 15.5 Å². The van der Waals surface area contributed by atoms with Crippen LogP contribution in [0.5, 0.6) is 11.5 Å².